The van der Waals surface area contributed by atoms with Gasteiger partial charge < -0.3 is 5.73 Å². The van der Waals surface area contributed by atoms with Crippen LogP contribution in [0, 0.1) is 5.92 Å². The lowest BCUT2D eigenvalue weighted by molar-refractivity contribution is 0.107. The van der Waals surface area contributed by atoms with Gasteiger partial charge in [0.2, 0.25) is 0 Å². The van der Waals surface area contributed by atoms with Crippen LogP contribution in [0.3, 0.4) is 0 Å². The van der Waals surface area contributed by atoms with E-state index >= 15 is 0 Å². The Morgan fingerprint density at radius 3 is 2.44 bits per heavy atom. The van der Waals surface area contributed by atoms with Crippen LogP contribution >= 0.6 is 0 Å². The Morgan fingerprint density at radius 2 is 1.75 bits per heavy atom. The van der Waals surface area contributed by atoms with Crippen molar-refractivity contribution in [3.05, 3.63) is 0 Å². The van der Waals surface area contributed by atoms with Gasteiger partial charge >= 0.3 is 0 Å². The van der Waals surface area contributed by atoms with Crippen LogP contribution in [0.15, 0.2) is 0 Å². The maximum Gasteiger partial charge on any atom is 0.0249 e. The summed E-state index contributed by atoms with van der Waals surface area (Å²) in [5, 5.41) is 0. The number of nitrogens with two attached hydrogens (primary N) is 1. The van der Waals surface area contributed by atoms with E-state index in [9.17, 15) is 0 Å². The normalized spacial score (nSPS) is 31.5. The van der Waals surface area contributed by atoms with Crippen molar-refractivity contribution in [3.63, 3.8) is 0 Å². The molecule has 2 heteroatoms. The molecule has 0 radical (unpaired) electrons. The highest BCUT2D eigenvalue weighted by Gasteiger charge is 2.31. The molecular formula is C14H28N2. The summed E-state index contributed by atoms with van der Waals surface area (Å²) in [5.74, 6) is 0.894. The van der Waals surface area contributed by atoms with Crippen molar-refractivity contribution in [2.75, 3.05) is 13.1 Å². The summed E-state index contributed by atoms with van der Waals surface area (Å²) < 4.78 is 0. The van der Waals surface area contributed by atoms with Crippen molar-refractivity contribution in [2.24, 2.45) is 11.7 Å². The first-order valence-corrected chi connectivity index (χ1v) is 7.28. The molecule has 1 saturated heterocycles. The highest BCUT2D eigenvalue weighted by molar-refractivity contribution is 4.87. The molecule has 0 bridgehead atoms. The van der Waals surface area contributed by atoms with Crippen LogP contribution < -0.4 is 5.73 Å². The number of likely N-dealkylation sites (tertiary alicyclic amines) is 1. The van der Waals surface area contributed by atoms with E-state index in [1.807, 2.05) is 0 Å². The average molecular weight is 224 g/mol. The van der Waals surface area contributed by atoms with E-state index in [1.165, 1.54) is 57.9 Å². The van der Waals surface area contributed by atoms with Crippen LogP contribution in [-0.2, 0) is 0 Å². The van der Waals surface area contributed by atoms with Crippen LogP contribution in [0.25, 0.3) is 0 Å². The summed E-state index contributed by atoms with van der Waals surface area (Å²) in [7, 11) is 0. The summed E-state index contributed by atoms with van der Waals surface area (Å²) in [6, 6.07) is 1.44. The van der Waals surface area contributed by atoms with Gasteiger partial charge in [0.25, 0.3) is 0 Å². The molecule has 1 aliphatic carbocycles. The molecule has 0 amide bonds. The molecule has 2 N–H and O–H groups in total. The molecule has 1 aliphatic heterocycles. The summed E-state index contributed by atoms with van der Waals surface area (Å²) in [6.45, 7) is 4.57. The molecule has 2 atom stereocenters. The molecule has 16 heavy (non-hydrogen) atoms. The Morgan fingerprint density at radius 1 is 1.06 bits per heavy atom. The fourth-order valence-electron chi connectivity index (χ4n) is 3.73. The minimum atomic E-state index is 0.676. The third kappa shape index (κ3) is 2.78. The van der Waals surface area contributed by atoms with Gasteiger partial charge in [-0.1, -0.05) is 25.7 Å². The predicted molar refractivity (Wildman–Crippen MR) is 69.4 cm³/mol. The first kappa shape index (κ1) is 12.4. The molecule has 2 fully saturated rings. The van der Waals surface area contributed by atoms with Gasteiger partial charge in [0.1, 0.15) is 0 Å². The third-order valence-corrected chi connectivity index (χ3v) is 4.72. The molecule has 2 nitrogen and oxygen atoms in total. The lowest BCUT2D eigenvalue weighted by Crippen LogP contribution is -2.49. The molecule has 2 unspecified atom stereocenters. The van der Waals surface area contributed by atoms with Gasteiger partial charge in [-0.2, -0.15) is 0 Å². The first-order valence-electron chi connectivity index (χ1n) is 7.28. The summed E-state index contributed by atoms with van der Waals surface area (Å²) in [4.78, 5) is 2.74. The number of nitrogens with zero attached hydrogens (tertiary/aromatic N) is 1. The zero-order valence-corrected chi connectivity index (χ0v) is 10.8. The van der Waals surface area contributed by atoms with Crippen molar-refractivity contribution in [3.8, 4) is 0 Å². The van der Waals surface area contributed by atoms with Gasteiger partial charge in [0.15, 0.2) is 0 Å². The summed E-state index contributed by atoms with van der Waals surface area (Å²) in [6.07, 6.45) is 11.3. The minimum absolute atomic E-state index is 0.676. The predicted octanol–water partition coefficient (Wildman–Crippen LogP) is 2.77. The Balaban J connectivity index is 1.99. The summed E-state index contributed by atoms with van der Waals surface area (Å²) in [5.41, 5.74) is 6.06. The SMILES string of the molecule is CC1CCCCCN1C(CN)C1CCCC1. The molecule has 0 aromatic carbocycles. The number of rotatable bonds is 3. The van der Waals surface area contributed by atoms with E-state index < -0.39 is 0 Å². The molecular weight excluding hydrogens is 196 g/mol. The van der Waals surface area contributed by atoms with Gasteiger partial charge in [0, 0.05) is 18.6 Å². The molecule has 0 aromatic rings. The van der Waals surface area contributed by atoms with Crippen LogP contribution in [0.1, 0.15) is 58.3 Å². The summed E-state index contributed by atoms with van der Waals surface area (Å²) >= 11 is 0. The second-order valence-corrected chi connectivity index (χ2v) is 5.78. The lowest BCUT2D eigenvalue weighted by atomic mass is 9.95. The topological polar surface area (TPSA) is 29.3 Å². The number of hydrogen-bond donors (Lipinski definition) is 1. The highest BCUT2D eigenvalue weighted by Crippen LogP contribution is 2.32. The third-order valence-electron chi connectivity index (χ3n) is 4.72. The molecule has 0 aromatic heterocycles. The van der Waals surface area contributed by atoms with E-state index in [1.54, 1.807) is 0 Å². The Hall–Kier alpha value is -0.0800. The Labute approximate surface area is 101 Å². The van der Waals surface area contributed by atoms with Crippen molar-refractivity contribution in [1.29, 1.82) is 0 Å². The first-order chi connectivity index (χ1) is 7.83. The highest BCUT2D eigenvalue weighted by atomic mass is 15.2. The van der Waals surface area contributed by atoms with E-state index in [2.05, 4.69) is 11.8 Å². The molecule has 94 valence electrons. The van der Waals surface area contributed by atoms with Gasteiger partial charge in [-0.3, -0.25) is 4.90 Å². The molecule has 1 saturated carbocycles. The smallest absolute Gasteiger partial charge is 0.0249 e. The fraction of sp³-hybridized carbons (Fsp3) is 1.00. The van der Waals surface area contributed by atoms with E-state index in [0.717, 1.165) is 18.5 Å². The van der Waals surface area contributed by atoms with E-state index in [4.69, 9.17) is 5.73 Å². The monoisotopic (exact) mass is 224 g/mol. The largest absolute Gasteiger partial charge is 0.329 e. The average Bonchev–Trinajstić information content (AvgIpc) is 2.72. The van der Waals surface area contributed by atoms with Gasteiger partial charge in [-0.15, -0.1) is 0 Å². The maximum atomic E-state index is 6.06. The second kappa shape index (κ2) is 6.02. The molecule has 1 heterocycles. The van der Waals surface area contributed by atoms with Crippen LogP contribution in [0.4, 0.5) is 0 Å². The van der Waals surface area contributed by atoms with Crippen molar-refractivity contribution in [2.45, 2.75) is 70.4 Å². The molecule has 2 aliphatic rings. The van der Waals surface area contributed by atoms with Gasteiger partial charge in [0.05, 0.1) is 0 Å². The molecule has 0 spiro atoms. The zero-order chi connectivity index (χ0) is 11.4. The van der Waals surface area contributed by atoms with Gasteiger partial charge in [-0.05, 0) is 45.1 Å². The van der Waals surface area contributed by atoms with E-state index in [0.29, 0.717) is 6.04 Å². The zero-order valence-electron chi connectivity index (χ0n) is 10.8. The van der Waals surface area contributed by atoms with Crippen LogP contribution in [-0.4, -0.2) is 30.1 Å². The Bertz CT molecular complexity index is 199. The molecule has 2 rings (SSSR count). The quantitative estimate of drug-likeness (QED) is 0.798. The standard InChI is InChI=1S/C14H28N2/c1-12-7-3-2-6-10-16(12)14(11-15)13-8-4-5-9-13/h12-14H,2-11,15H2,1H3. The van der Waals surface area contributed by atoms with Crippen LogP contribution in [0.2, 0.25) is 0 Å². The van der Waals surface area contributed by atoms with Crippen molar-refractivity contribution in [1.82, 2.24) is 4.90 Å². The lowest BCUT2D eigenvalue weighted by Gasteiger charge is -2.38. The fourth-order valence-corrected chi connectivity index (χ4v) is 3.73. The second-order valence-electron chi connectivity index (χ2n) is 5.78. The maximum absolute atomic E-state index is 6.06. The van der Waals surface area contributed by atoms with E-state index in [-0.39, 0.29) is 0 Å². The minimum Gasteiger partial charge on any atom is -0.329 e. The van der Waals surface area contributed by atoms with Crippen LogP contribution in [0.5, 0.6) is 0 Å². The van der Waals surface area contributed by atoms with Gasteiger partial charge in [-0.25, -0.2) is 0 Å². The van der Waals surface area contributed by atoms with Crippen molar-refractivity contribution < 1.29 is 0 Å². The Kier molecular flexibility index (Phi) is 4.66. The van der Waals surface area contributed by atoms with Crippen molar-refractivity contribution >= 4 is 0 Å². The number of hydrogen-bond acceptors (Lipinski definition) is 2.